The van der Waals surface area contributed by atoms with Crippen molar-refractivity contribution < 1.29 is 9.53 Å². The van der Waals surface area contributed by atoms with Crippen molar-refractivity contribution in [1.29, 1.82) is 0 Å². The van der Waals surface area contributed by atoms with Gasteiger partial charge in [-0.2, -0.15) is 0 Å². The van der Waals surface area contributed by atoms with Crippen LogP contribution < -0.4 is 0 Å². The molecule has 0 unspecified atom stereocenters. The highest BCUT2D eigenvalue weighted by molar-refractivity contribution is 6.74. The summed E-state index contributed by atoms with van der Waals surface area (Å²) in [6, 6.07) is 0. The zero-order valence-electron chi connectivity index (χ0n) is 14.9. The van der Waals surface area contributed by atoms with Crippen molar-refractivity contribution in [3.05, 3.63) is 11.6 Å². The maximum atomic E-state index is 10.5. The molecule has 0 aromatic rings. The van der Waals surface area contributed by atoms with Crippen molar-refractivity contribution >= 4 is 8.32 Å². The number of rotatable bonds is 8. The first-order valence-electron chi connectivity index (χ1n) is 8.11. The van der Waals surface area contributed by atoms with Crippen molar-refractivity contribution in [2.24, 2.45) is 0 Å². The van der Waals surface area contributed by atoms with Gasteiger partial charge in [-0.25, -0.2) is 0 Å². The van der Waals surface area contributed by atoms with E-state index in [0.29, 0.717) is 0 Å². The van der Waals surface area contributed by atoms with Crippen LogP contribution in [-0.4, -0.2) is 25.6 Å². The topological polar surface area (TPSA) is 29.5 Å². The second-order valence-corrected chi connectivity index (χ2v) is 12.1. The SMILES string of the molecule is CCCC/C=C(/CC)[C@H](O)[C@H](C)O[Si](C)(C)C(C)(C)C. The molecule has 0 fully saturated rings. The van der Waals surface area contributed by atoms with E-state index in [1.165, 1.54) is 12.8 Å². The molecule has 0 saturated heterocycles. The van der Waals surface area contributed by atoms with Gasteiger partial charge in [-0.3, -0.25) is 0 Å². The first-order chi connectivity index (χ1) is 9.06. The van der Waals surface area contributed by atoms with Crippen LogP contribution in [0.1, 0.15) is 67.2 Å². The summed E-state index contributed by atoms with van der Waals surface area (Å²) >= 11 is 0. The Labute approximate surface area is 127 Å². The van der Waals surface area contributed by atoms with Crippen molar-refractivity contribution in [3.63, 3.8) is 0 Å². The lowest BCUT2D eigenvalue weighted by Gasteiger charge is -2.39. The Bertz CT molecular complexity index is 303. The summed E-state index contributed by atoms with van der Waals surface area (Å²) in [5.74, 6) is 0. The molecule has 1 N–H and O–H groups in total. The zero-order valence-corrected chi connectivity index (χ0v) is 15.9. The molecule has 0 heterocycles. The van der Waals surface area contributed by atoms with E-state index >= 15 is 0 Å². The lowest BCUT2D eigenvalue weighted by molar-refractivity contribution is 0.0601. The van der Waals surface area contributed by atoms with E-state index in [2.05, 4.69) is 53.8 Å². The van der Waals surface area contributed by atoms with Crippen molar-refractivity contribution in [2.45, 2.75) is 97.6 Å². The highest BCUT2D eigenvalue weighted by Gasteiger charge is 2.39. The van der Waals surface area contributed by atoms with Gasteiger partial charge in [0.05, 0.1) is 12.2 Å². The maximum Gasteiger partial charge on any atom is 0.192 e. The third-order valence-electron chi connectivity index (χ3n) is 4.48. The molecular weight excluding hydrogens is 264 g/mol. The van der Waals surface area contributed by atoms with Gasteiger partial charge in [-0.05, 0) is 43.5 Å². The molecule has 0 aromatic heterocycles. The van der Waals surface area contributed by atoms with Crippen LogP contribution in [0.25, 0.3) is 0 Å². The minimum Gasteiger partial charge on any atom is -0.411 e. The Kier molecular flexibility index (Phi) is 8.30. The number of hydrogen-bond acceptors (Lipinski definition) is 2. The second-order valence-electron chi connectivity index (χ2n) is 7.30. The molecule has 0 aliphatic heterocycles. The Morgan fingerprint density at radius 3 is 2.20 bits per heavy atom. The van der Waals surface area contributed by atoms with E-state index in [9.17, 15) is 5.11 Å². The molecule has 0 radical (unpaired) electrons. The number of unbranched alkanes of at least 4 members (excludes halogenated alkanes) is 2. The molecule has 2 atom stereocenters. The van der Waals surface area contributed by atoms with E-state index < -0.39 is 14.4 Å². The average molecular weight is 301 g/mol. The minimum atomic E-state index is -1.81. The molecule has 2 nitrogen and oxygen atoms in total. The molecule has 0 rings (SSSR count). The third-order valence-corrected chi connectivity index (χ3v) is 9.06. The summed E-state index contributed by atoms with van der Waals surface area (Å²) in [4.78, 5) is 0. The van der Waals surface area contributed by atoms with Crippen molar-refractivity contribution in [2.75, 3.05) is 0 Å². The Hall–Kier alpha value is -0.123. The van der Waals surface area contributed by atoms with Gasteiger partial charge in [-0.1, -0.05) is 53.5 Å². The maximum absolute atomic E-state index is 10.5. The largest absolute Gasteiger partial charge is 0.411 e. The van der Waals surface area contributed by atoms with Gasteiger partial charge in [0, 0.05) is 0 Å². The second kappa shape index (κ2) is 8.35. The molecule has 20 heavy (non-hydrogen) atoms. The summed E-state index contributed by atoms with van der Waals surface area (Å²) in [5.41, 5.74) is 1.13. The zero-order chi connectivity index (χ0) is 16.0. The standard InChI is InChI=1S/C17H36O2Si/c1-9-11-12-13-15(10-2)16(18)14(3)19-20(7,8)17(4,5)6/h13-14,16,18H,9-12H2,1-8H3/b15-13-/t14-,16+/m0/s1. The highest BCUT2D eigenvalue weighted by Crippen LogP contribution is 2.38. The van der Waals surface area contributed by atoms with Gasteiger partial charge in [0.25, 0.3) is 0 Å². The van der Waals surface area contributed by atoms with Gasteiger partial charge in [0.15, 0.2) is 8.32 Å². The minimum absolute atomic E-state index is 0.122. The molecule has 0 aliphatic rings. The quantitative estimate of drug-likeness (QED) is 0.375. The summed E-state index contributed by atoms with van der Waals surface area (Å²) in [5, 5.41) is 10.7. The van der Waals surface area contributed by atoms with Crippen molar-refractivity contribution in [1.82, 2.24) is 0 Å². The molecule has 0 spiro atoms. The molecule has 0 bridgehead atoms. The molecule has 0 aromatic carbocycles. The van der Waals surface area contributed by atoms with E-state index in [1.54, 1.807) is 0 Å². The summed E-state index contributed by atoms with van der Waals surface area (Å²) in [6.07, 6.45) is 5.96. The van der Waals surface area contributed by atoms with Crippen LogP contribution in [-0.2, 0) is 4.43 Å². The molecule has 120 valence electrons. The molecule has 3 heteroatoms. The van der Waals surface area contributed by atoms with Crippen LogP contribution in [0.4, 0.5) is 0 Å². The molecule has 0 saturated carbocycles. The van der Waals surface area contributed by atoms with Gasteiger partial charge < -0.3 is 9.53 Å². The number of aliphatic hydroxyl groups is 1. The lowest BCUT2D eigenvalue weighted by atomic mass is 10.0. The third kappa shape index (κ3) is 6.11. The fraction of sp³-hybridized carbons (Fsp3) is 0.882. The van der Waals surface area contributed by atoms with E-state index in [-0.39, 0.29) is 11.1 Å². The fourth-order valence-corrected chi connectivity index (χ4v) is 3.39. The monoisotopic (exact) mass is 300 g/mol. The number of aliphatic hydroxyl groups excluding tert-OH is 1. The lowest BCUT2D eigenvalue weighted by Crippen LogP contribution is -2.46. The van der Waals surface area contributed by atoms with Crippen LogP contribution >= 0.6 is 0 Å². The summed E-state index contributed by atoms with van der Waals surface area (Å²) in [6.45, 7) is 17.5. The number of allylic oxidation sites excluding steroid dienone is 1. The Balaban J connectivity index is 4.75. The Morgan fingerprint density at radius 1 is 1.25 bits per heavy atom. The van der Waals surface area contributed by atoms with Crippen LogP contribution in [0.15, 0.2) is 11.6 Å². The Morgan fingerprint density at radius 2 is 1.80 bits per heavy atom. The van der Waals surface area contributed by atoms with E-state index in [4.69, 9.17) is 4.43 Å². The van der Waals surface area contributed by atoms with Gasteiger partial charge in [-0.15, -0.1) is 0 Å². The number of hydrogen-bond donors (Lipinski definition) is 1. The normalized spacial score (nSPS) is 17.1. The first-order valence-corrected chi connectivity index (χ1v) is 11.0. The van der Waals surface area contributed by atoms with Crippen LogP contribution in [0.2, 0.25) is 18.1 Å². The molecular formula is C17H36O2Si. The summed E-state index contributed by atoms with van der Waals surface area (Å²) < 4.78 is 6.30. The average Bonchev–Trinajstić information content (AvgIpc) is 2.32. The van der Waals surface area contributed by atoms with Crippen LogP contribution in [0.3, 0.4) is 0 Å². The van der Waals surface area contributed by atoms with Crippen LogP contribution in [0, 0.1) is 0 Å². The van der Waals surface area contributed by atoms with Crippen molar-refractivity contribution in [3.8, 4) is 0 Å². The van der Waals surface area contributed by atoms with Gasteiger partial charge in [0.2, 0.25) is 0 Å². The smallest absolute Gasteiger partial charge is 0.192 e. The first kappa shape index (κ1) is 19.9. The highest BCUT2D eigenvalue weighted by atomic mass is 28.4. The van der Waals surface area contributed by atoms with Crippen LogP contribution in [0.5, 0.6) is 0 Å². The van der Waals surface area contributed by atoms with Gasteiger partial charge >= 0.3 is 0 Å². The summed E-state index contributed by atoms with van der Waals surface area (Å²) in [7, 11) is -1.81. The molecule has 0 aliphatic carbocycles. The fourth-order valence-electron chi connectivity index (χ4n) is 1.97. The molecule has 0 amide bonds. The van der Waals surface area contributed by atoms with Gasteiger partial charge in [0.1, 0.15) is 0 Å². The van der Waals surface area contributed by atoms with E-state index in [1.807, 2.05) is 6.92 Å². The predicted octanol–water partition coefficient (Wildman–Crippen LogP) is 5.28. The predicted molar refractivity (Wildman–Crippen MR) is 91.6 cm³/mol. The van der Waals surface area contributed by atoms with E-state index in [0.717, 1.165) is 18.4 Å².